The number of hydrogen-bond donors (Lipinski definition) is 3. The van der Waals surface area contributed by atoms with E-state index in [2.05, 4.69) is 19.2 Å². The Morgan fingerprint density at radius 2 is 1.50 bits per heavy atom. The molecule has 1 aromatic heterocycles. The van der Waals surface area contributed by atoms with E-state index in [4.69, 9.17) is 0 Å². The Morgan fingerprint density at radius 1 is 0.938 bits per heavy atom. The first-order valence-electron chi connectivity index (χ1n) is 14.9. The molecule has 3 aromatic carbocycles. The van der Waals surface area contributed by atoms with Gasteiger partial charge in [-0.1, -0.05) is 65.5 Å². The molecule has 5 rings (SSSR count). The van der Waals surface area contributed by atoms with Gasteiger partial charge in [0.15, 0.2) is 11.5 Å². The number of nitrogens with one attached hydrogen (secondary N) is 1. The lowest BCUT2D eigenvalue weighted by Crippen LogP contribution is -2.32. The molecule has 2 heterocycles. The van der Waals surface area contributed by atoms with Gasteiger partial charge >= 0.3 is 6.29 Å². The predicted octanol–water partition coefficient (Wildman–Crippen LogP) is 7.45. The molecule has 0 atom stereocenters. The molecular weight excluding hydrogens is 663 g/mol. The lowest BCUT2D eigenvalue weighted by Gasteiger charge is -2.22. The fourth-order valence-corrected chi connectivity index (χ4v) is 7.45. The molecular formula is C35H40F2N2O7S2. The van der Waals surface area contributed by atoms with Gasteiger partial charge in [0.2, 0.25) is 5.91 Å². The molecule has 9 nitrogen and oxygen atoms in total. The second-order valence-electron chi connectivity index (χ2n) is 12.5. The maximum Gasteiger partial charge on any atom is 0.586 e. The smallest absolute Gasteiger partial charge is 0.395 e. The monoisotopic (exact) mass is 702 g/mol. The minimum atomic E-state index is -4.23. The minimum absolute atomic E-state index is 0. The topological polar surface area (TPSA) is 135 Å². The van der Waals surface area contributed by atoms with E-state index in [9.17, 15) is 32.2 Å². The van der Waals surface area contributed by atoms with E-state index in [1.165, 1.54) is 35.6 Å². The number of amides is 1. The van der Waals surface area contributed by atoms with Crippen molar-refractivity contribution in [3.05, 3.63) is 82.0 Å². The van der Waals surface area contributed by atoms with Gasteiger partial charge in [0.25, 0.3) is 10.0 Å². The van der Waals surface area contributed by atoms with Gasteiger partial charge in [-0.2, -0.15) is 0 Å². The van der Waals surface area contributed by atoms with Crippen LogP contribution in [0.1, 0.15) is 88.2 Å². The average Bonchev–Trinajstić information content (AvgIpc) is 3.56. The Morgan fingerprint density at radius 3 is 2.04 bits per heavy atom. The van der Waals surface area contributed by atoms with E-state index >= 15 is 0 Å². The lowest BCUT2D eigenvalue weighted by molar-refractivity contribution is -0.286. The van der Waals surface area contributed by atoms with Crippen LogP contribution in [0.3, 0.4) is 0 Å². The fourth-order valence-electron chi connectivity index (χ4n) is 5.38. The van der Waals surface area contributed by atoms with Crippen LogP contribution in [-0.4, -0.2) is 35.8 Å². The highest BCUT2D eigenvalue weighted by Gasteiger charge is 2.43. The van der Waals surface area contributed by atoms with Crippen molar-refractivity contribution in [1.82, 2.24) is 9.71 Å². The molecule has 0 bridgehead atoms. The molecule has 1 aliphatic rings. The van der Waals surface area contributed by atoms with Gasteiger partial charge in [-0.3, -0.25) is 4.79 Å². The highest BCUT2D eigenvalue weighted by Crippen LogP contribution is 2.44. The predicted molar refractivity (Wildman–Crippen MR) is 181 cm³/mol. The highest BCUT2D eigenvalue weighted by molar-refractivity contribution is 7.90. The zero-order valence-electron chi connectivity index (χ0n) is 26.7. The number of halogens is 2. The Kier molecular flexibility index (Phi) is 10.4. The second kappa shape index (κ2) is 13.5. The van der Waals surface area contributed by atoms with E-state index < -0.39 is 27.8 Å². The summed E-state index contributed by atoms with van der Waals surface area (Å²) < 4.78 is 65.1. The van der Waals surface area contributed by atoms with Crippen molar-refractivity contribution >= 4 is 27.3 Å². The van der Waals surface area contributed by atoms with E-state index in [-0.39, 0.29) is 48.7 Å². The molecule has 13 heteroatoms. The van der Waals surface area contributed by atoms with Crippen LogP contribution in [0.2, 0.25) is 0 Å². The van der Waals surface area contributed by atoms with E-state index in [0.29, 0.717) is 32.3 Å². The summed E-state index contributed by atoms with van der Waals surface area (Å²) in [5, 5.41) is 20.5. The van der Waals surface area contributed by atoms with Crippen molar-refractivity contribution in [2.75, 3.05) is 0 Å². The third-order valence-corrected chi connectivity index (χ3v) is 10.5. The molecule has 4 aromatic rings. The lowest BCUT2D eigenvalue weighted by atomic mass is 9.84. The number of aromatic nitrogens is 1. The average molecular weight is 703 g/mol. The number of aliphatic hydroxyl groups excluding tert-OH is 1. The van der Waals surface area contributed by atoms with Crippen LogP contribution in [0.4, 0.5) is 8.78 Å². The molecule has 1 amide bonds. The summed E-state index contributed by atoms with van der Waals surface area (Å²) in [6, 6.07) is 14.2. The molecule has 0 fully saturated rings. The van der Waals surface area contributed by atoms with E-state index in [0.717, 1.165) is 16.7 Å². The first-order chi connectivity index (χ1) is 21.9. The number of benzene rings is 3. The third-order valence-electron chi connectivity index (χ3n) is 7.68. The number of rotatable bonds is 10. The number of sulfonamides is 1. The Labute approximate surface area is 283 Å². The van der Waals surface area contributed by atoms with Crippen LogP contribution in [0, 0.1) is 0 Å². The number of ether oxygens (including phenoxy) is 2. The summed E-state index contributed by atoms with van der Waals surface area (Å²) in [5.41, 5.74) is 3.45. The van der Waals surface area contributed by atoms with Crippen LogP contribution in [0.25, 0.3) is 21.6 Å². The molecule has 0 unspecified atom stereocenters. The number of hydrogen-bond acceptors (Lipinski definition) is 9. The number of alkyl halides is 2. The second-order valence-corrected chi connectivity index (χ2v) is 15.2. The van der Waals surface area contributed by atoms with Crippen molar-refractivity contribution in [1.29, 1.82) is 0 Å². The molecule has 1 aliphatic heterocycles. The quantitative estimate of drug-likeness (QED) is 0.155. The van der Waals surface area contributed by atoms with Crippen LogP contribution in [0.15, 0.2) is 59.5 Å². The molecule has 0 radical (unpaired) electrons. The first-order valence-corrected chi connectivity index (χ1v) is 17.2. The van der Waals surface area contributed by atoms with Crippen molar-refractivity contribution in [3.8, 4) is 33.1 Å². The van der Waals surface area contributed by atoms with Gasteiger partial charge in [-0.05, 0) is 83.3 Å². The van der Waals surface area contributed by atoms with Gasteiger partial charge in [0, 0.05) is 0 Å². The minimum Gasteiger partial charge on any atom is -0.395 e. The number of fused-ring (bicyclic) bond motifs is 1. The molecule has 48 heavy (non-hydrogen) atoms. The number of nitrogens with zero attached hydrogens (tertiary/aromatic N) is 1. The number of aliphatic hydroxyl groups is 2. The van der Waals surface area contributed by atoms with Crippen LogP contribution in [0.5, 0.6) is 11.5 Å². The van der Waals surface area contributed by atoms with Crippen molar-refractivity contribution < 1.29 is 41.7 Å². The maximum atomic E-state index is 13.6. The summed E-state index contributed by atoms with van der Waals surface area (Å²) in [7, 11) is -4.23. The van der Waals surface area contributed by atoms with Crippen LogP contribution >= 0.6 is 11.3 Å². The summed E-state index contributed by atoms with van der Waals surface area (Å²) in [5.74, 6) is -0.952. The van der Waals surface area contributed by atoms with Gasteiger partial charge in [-0.25, -0.2) is 18.1 Å². The number of carbonyl (C=O) groups is 1. The summed E-state index contributed by atoms with van der Waals surface area (Å²) in [4.78, 5) is 18.1. The summed E-state index contributed by atoms with van der Waals surface area (Å²) >= 11 is 1.20. The van der Waals surface area contributed by atoms with Crippen molar-refractivity contribution in [2.45, 2.75) is 90.6 Å². The van der Waals surface area contributed by atoms with Crippen LogP contribution < -0.4 is 14.2 Å². The van der Waals surface area contributed by atoms with Gasteiger partial charge in [-0.15, -0.1) is 20.1 Å². The Hall–Kier alpha value is -3.91. The molecule has 258 valence electrons. The Balaban J connectivity index is 0.00000520. The summed E-state index contributed by atoms with van der Waals surface area (Å²) in [6.45, 7) is 10.6. The molecule has 0 saturated heterocycles. The summed E-state index contributed by atoms with van der Waals surface area (Å²) in [6.07, 6.45) is -3.94. The largest absolute Gasteiger partial charge is 0.586 e. The van der Waals surface area contributed by atoms with Gasteiger partial charge in [0.1, 0.15) is 10.6 Å². The number of carbonyl (C=O) groups excluding carboxylic acids is 1. The Bertz CT molecular complexity index is 1900. The highest BCUT2D eigenvalue weighted by atomic mass is 32.2. The molecule has 0 saturated carbocycles. The molecule has 0 aliphatic carbocycles. The SMILES string of the molecule is C.CC(C)c1cc(-c2ccc3c(c2)OC(F)(F)O3)cc(C(C)C)c1CC(=O)NS(=O)(=O)c1ccc(-c2sc(C(C)(C)O)nc2CO)cc1. The van der Waals surface area contributed by atoms with E-state index in [1.807, 2.05) is 39.8 Å². The van der Waals surface area contributed by atoms with E-state index in [1.54, 1.807) is 32.0 Å². The fraction of sp³-hybridized carbons (Fsp3) is 0.371. The van der Waals surface area contributed by atoms with Crippen molar-refractivity contribution in [3.63, 3.8) is 0 Å². The first kappa shape index (κ1) is 36.9. The molecule has 0 spiro atoms. The zero-order valence-corrected chi connectivity index (χ0v) is 28.4. The van der Waals surface area contributed by atoms with Gasteiger partial charge in [0.05, 0.1) is 28.5 Å². The van der Waals surface area contributed by atoms with Crippen molar-refractivity contribution in [2.24, 2.45) is 0 Å². The third kappa shape index (κ3) is 7.70. The van der Waals surface area contributed by atoms with Crippen LogP contribution in [-0.2, 0) is 33.4 Å². The maximum absolute atomic E-state index is 13.6. The van der Waals surface area contributed by atoms with Gasteiger partial charge < -0.3 is 19.7 Å². The zero-order chi connectivity index (χ0) is 34.5. The normalized spacial score (nSPS) is 13.9. The number of thiazole rings is 1. The molecule has 3 N–H and O–H groups in total. The standard InChI is InChI=1S/C34H36F2N2O7S2.CH4/c1-18(2)24-13-22(21-9-12-28-29(15-21)45-34(35,36)44-28)14-25(19(3)4)26(24)16-30(40)38-47(42,43)23-10-7-20(8-11-23)31-27(17-39)37-32(46-31)33(5,6)41;/h7-15,18-19,39,41H,16-17H2,1-6H3,(H,38,40);1H4.